The molecule has 7 heteroatoms. The number of benzene rings is 1. The van der Waals surface area contributed by atoms with Gasteiger partial charge in [-0.1, -0.05) is 0 Å². The summed E-state index contributed by atoms with van der Waals surface area (Å²) in [4.78, 5) is 0.0110. The second-order valence-corrected chi connectivity index (χ2v) is 6.43. The van der Waals surface area contributed by atoms with Crippen LogP contribution in [0.15, 0.2) is 17.0 Å². The molecule has 19 heavy (non-hydrogen) atoms. The Morgan fingerprint density at radius 1 is 1.47 bits per heavy atom. The summed E-state index contributed by atoms with van der Waals surface area (Å²) >= 11 is 0. The number of halogens is 1. The minimum absolute atomic E-state index is 0.0110. The number of sulfonamides is 1. The maximum absolute atomic E-state index is 13.3. The molecule has 0 aliphatic carbocycles. The molecule has 1 rings (SSSR count). The van der Waals surface area contributed by atoms with Crippen LogP contribution in [0.2, 0.25) is 0 Å². The summed E-state index contributed by atoms with van der Waals surface area (Å²) in [5.41, 5.74) is 5.58. The van der Waals surface area contributed by atoms with Crippen LogP contribution in [0.5, 0.6) is 0 Å². The molecule has 0 saturated carbocycles. The quantitative estimate of drug-likeness (QED) is 0.831. The van der Waals surface area contributed by atoms with E-state index >= 15 is 0 Å². The number of likely N-dealkylation sites (N-methyl/N-ethyl adjacent to an activating group) is 1. The molecular formula is C12H19FN2O3S. The lowest BCUT2D eigenvalue weighted by atomic mass is 10.2. The van der Waals surface area contributed by atoms with Crippen LogP contribution in [0.4, 0.5) is 10.1 Å². The van der Waals surface area contributed by atoms with Gasteiger partial charge in [0.05, 0.1) is 17.2 Å². The summed E-state index contributed by atoms with van der Waals surface area (Å²) in [5, 5.41) is 0. The molecule has 0 fully saturated rings. The first-order valence-electron chi connectivity index (χ1n) is 5.74. The van der Waals surface area contributed by atoms with Crippen LogP contribution in [0, 0.1) is 12.7 Å². The van der Waals surface area contributed by atoms with Crippen LogP contribution in [-0.4, -0.2) is 39.5 Å². The van der Waals surface area contributed by atoms with E-state index in [0.717, 1.165) is 12.1 Å². The molecule has 108 valence electrons. The number of ether oxygens (including phenoxy) is 1. The van der Waals surface area contributed by atoms with Crippen LogP contribution in [0.1, 0.15) is 12.5 Å². The molecule has 1 aromatic rings. The molecule has 0 amide bonds. The third-order valence-corrected chi connectivity index (χ3v) is 5.09. The highest BCUT2D eigenvalue weighted by atomic mass is 32.2. The Morgan fingerprint density at radius 3 is 2.58 bits per heavy atom. The second-order valence-electron chi connectivity index (χ2n) is 4.46. The van der Waals surface area contributed by atoms with Crippen molar-refractivity contribution in [2.24, 2.45) is 0 Å². The van der Waals surface area contributed by atoms with Gasteiger partial charge in [0, 0.05) is 20.2 Å². The first kappa shape index (κ1) is 15.9. The number of nitrogens with two attached hydrogens (primary N) is 1. The fraction of sp³-hybridized carbons (Fsp3) is 0.500. The molecule has 2 N–H and O–H groups in total. The lowest BCUT2D eigenvalue weighted by Crippen LogP contribution is -2.38. The minimum Gasteiger partial charge on any atom is -0.396 e. The highest BCUT2D eigenvalue weighted by Crippen LogP contribution is 2.25. The number of aryl methyl sites for hydroxylation is 1. The Labute approximate surface area is 113 Å². The van der Waals surface area contributed by atoms with Crippen molar-refractivity contribution in [3.63, 3.8) is 0 Å². The van der Waals surface area contributed by atoms with E-state index in [2.05, 4.69) is 0 Å². The SMILES string of the molecule is COCC(C)N(C)S(=O)(=O)c1cc(N)c(F)cc1C. The van der Waals surface area contributed by atoms with Crippen molar-refractivity contribution in [3.8, 4) is 0 Å². The van der Waals surface area contributed by atoms with Gasteiger partial charge in [0.15, 0.2) is 0 Å². The van der Waals surface area contributed by atoms with E-state index in [4.69, 9.17) is 10.5 Å². The number of hydrogen-bond acceptors (Lipinski definition) is 4. The second kappa shape index (κ2) is 5.85. The highest BCUT2D eigenvalue weighted by molar-refractivity contribution is 7.89. The van der Waals surface area contributed by atoms with Gasteiger partial charge in [-0.2, -0.15) is 4.31 Å². The number of hydrogen-bond donors (Lipinski definition) is 1. The normalized spacial score (nSPS) is 13.8. The highest BCUT2D eigenvalue weighted by Gasteiger charge is 2.27. The molecule has 0 radical (unpaired) electrons. The Bertz CT molecular complexity index is 560. The average molecular weight is 290 g/mol. The fourth-order valence-electron chi connectivity index (χ4n) is 1.68. The van der Waals surface area contributed by atoms with Gasteiger partial charge in [-0.3, -0.25) is 0 Å². The van der Waals surface area contributed by atoms with Gasteiger partial charge in [-0.25, -0.2) is 12.8 Å². The van der Waals surface area contributed by atoms with Gasteiger partial charge >= 0.3 is 0 Å². The van der Waals surface area contributed by atoms with Crippen molar-refractivity contribution in [2.45, 2.75) is 24.8 Å². The van der Waals surface area contributed by atoms with E-state index in [1.165, 1.54) is 25.4 Å². The van der Waals surface area contributed by atoms with Crippen LogP contribution in [-0.2, 0) is 14.8 Å². The van der Waals surface area contributed by atoms with E-state index in [1.807, 2.05) is 0 Å². The third kappa shape index (κ3) is 3.23. The van der Waals surface area contributed by atoms with Crippen molar-refractivity contribution >= 4 is 15.7 Å². The van der Waals surface area contributed by atoms with Gasteiger partial charge in [-0.15, -0.1) is 0 Å². The van der Waals surface area contributed by atoms with Gasteiger partial charge < -0.3 is 10.5 Å². The zero-order valence-electron chi connectivity index (χ0n) is 11.5. The van der Waals surface area contributed by atoms with Crippen LogP contribution >= 0.6 is 0 Å². The molecule has 1 aromatic carbocycles. The molecular weight excluding hydrogens is 271 g/mol. The Kier molecular flexibility index (Phi) is 4.89. The summed E-state index contributed by atoms with van der Waals surface area (Å²) in [7, 11) is -0.769. The van der Waals surface area contributed by atoms with Gasteiger partial charge in [0.2, 0.25) is 10.0 Å². The van der Waals surface area contributed by atoms with Crippen LogP contribution < -0.4 is 5.73 Å². The summed E-state index contributed by atoms with van der Waals surface area (Å²) in [6.45, 7) is 3.53. The van der Waals surface area contributed by atoms with Crippen molar-refractivity contribution in [1.29, 1.82) is 0 Å². The topological polar surface area (TPSA) is 72.6 Å². The lowest BCUT2D eigenvalue weighted by molar-refractivity contribution is 0.149. The lowest BCUT2D eigenvalue weighted by Gasteiger charge is -2.24. The first-order valence-corrected chi connectivity index (χ1v) is 7.18. The summed E-state index contributed by atoms with van der Waals surface area (Å²) < 4.78 is 44.3. The van der Waals surface area contributed by atoms with E-state index in [0.29, 0.717) is 5.56 Å². The van der Waals surface area contributed by atoms with Crippen molar-refractivity contribution in [2.75, 3.05) is 26.5 Å². The molecule has 0 saturated heterocycles. The van der Waals surface area contributed by atoms with Crippen molar-refractivity contribution in [1.82, 2.24) is 4.31 Å². The molecule has 0 aliphatic heterocycles. The van der Waals surface area contributed by atoms with E-state index < -0.39 is 15.8 Å². The van der Waals surface area contributed by atoms with Crippen LogP contribution in [0.25, 0.3) is 0 Å². The standard InChI is InChI=1S/C12H19FN2O3S/c1-8-5-10(13)11(14)6-12(8)19(16,17)15(3)9(2)7-18-4/h5-6,9H,7,14H2,1-4H3. The number of methoxy groups -OCH3 is 1. The summed E-state index contributed by atoms with van der Waals surface area (Å²) in [6.07, 6.45) is 0. The Hall–Kier alpha value is -1.18. The number of rotatable bonds is 5. The van der Waals surface area contributed by atoms with E-state index in [1.54, 1.807) is 6.92 Å². The van der Waals surface area contributed by atoms with Gasteiger partial charge in [-0.05, 0) is 31.5 Å². The monoisotopic (exact) mass is 290 g/mol. The predicted molar refractivity (Wildman–Crippen MR) is 71.8 cm³/mol. The summed E-state index contributed by atoms with van der Waals surface area (Å²) in [5.74, 6) is -0.621. The average Bonchev–Trinajstić information content (AvgIpc) is 2.32. The van der Waals surface area contributed by atoms with Gasteiger partial charge in [0.1, 0.15) is 5.82 Å². The molecule has 1 atom stereocenters. The van der Waals surface area contributed by atoms with Crippen molar-refractivity contribution in [3.05, 3.63) is 23.5 Å². The Morgan fingerprint density at radius 2 is 2.05 bits per heavy atom. The van der Waals surface area contributed by atoms with Crippen molar-refractivity contribution < 1.29 is 17.5 Å². The molecule has 0 heterocycles. The summed E-state index contributed by atoms with van der Waals surface area (Å²) in [6, 6.07) is 1.94. The third-order valence-electron chi connectivity index (χ3n) is 2.98. The Balaban J connectivity index is 3.24. The number of nitrogen functional groups attached to an aromatic ring is 1. The largest absolute Gasteiger partial charge is 0.396 e. The maximum Gasteiger partial charge on any atom is 0.243 e. The molecule has 1 unspecified atom stereocenters. The molecule has 0 aromatic heterocycles. The molecule has 0 bridgehead atoms. The predicted octanol–water partition coefficient (Wildman–Crippen LogP) is 1.37. The zero-order valence-corrected chi connectivity index (χ0v) is 12.3. The minimum atomic E-state index is -3.72. The van der Waals surface area contributed by atoms with Crippen LogP contribution in [0.3, 0.4) is 0 Å². The number of nitrogens with zero attached hydrogens (tertiary/aromatic N) is 1. The molecule has 5 nitrogen and oxygen atoms in total. The maximum atomic E-state index is 13.3. The fourth-order valence-corrected chi connectivity index (χ4v) is 3.27. The van der Waals surface area contributed by atoms with Gasteiger partial charge in [0.25, 0.3) is 0 Å². The van der Waals surface area contributed by atoms with E-state index in [9.17, 15) is 12.8 Å². The zero-order chi connectivity index (χ0) is 14.8. The molecule has 0 spiro atoms. The first-order chi connectivity index (χ1) is 8.71. The number of anilines is 1. The molecule has 0 aliphatic rings. The smallest absolute Gasteiger partial charge is 0.243 e. The van der Waals surface area contributed by atoms with E-state index in [-0.39, 0.29) is 23.2 Å².